The molecule has 0 spiro atoms. The van der Waals surface area contributed by atoms with Gasteiger partial charge in [-0.05, 0) is 23.0 Å². The van der Waals surface area contributed by atoms with Crippen LogP contribution in [0.5, 0.6) is 5.75 Å². The molecule has 2 rings (SSSR count). The Morgan fingerprint density at radius 2 is 1.53 bits per heavy atom. The van der Waals surface area contributed by atoms with E-state index in [9.17, 15) is 0 Å². The smallest absolute Gasteiger partial charge is 0.119 e. The highest BCUT2D eigenvalue weighted by Gasteiger charge is 1.94. The summed E-state index contributed by atoms with van der Waals surface area (Å²) in [6, 6.07) is 18.2. The van der Waals surface area contributed by atoms with Crippen molar-refractivity contribution in [1.82, 2.24) is 0 Å². The van der Waals surface area contributed by atoms with Gasteiger partial charge in [-0.15, -0.1) is 9.24 Å². The molecule has 76 valence electrons. The van der Waals surface area contributed by atoms with Crippen LogP contribution in [0.25, 0.3) is 0 Å². The summed E-state index contributed by atoms with van der Waals surface area (Å²) < 4.78 is 5.64. The highest BCUT2D eigenvalue weighted by molar-refractivity contribution is 7.27. The molecule has 2 heteroatoms. The molecule has 0 aliphatic rings. The van der Waals surface area contributed by atoms with Crippen LogP contribution in [-0.4, -0.2) is 0 Å². The molecule has 0 bridgehead atoms. The summed E-state index contributed by atoms with van der Waals surface area (Å²) in [5, 5.41) is 1.17. The topological polar surface area (TPSA) is 9.23 Å². The lowest BCUT2D eigenvalue weighted by atomic mass is 10.2. The van der Waals surface area contributed by atoms with E-state index in [1.165, 1.54) is 10.9 Å². The molecule has 2 aromatic rings. The van der Waals surface area contributed by atoms with Crippen molar-refractivity contribution in [3.63, 3.8) is 0 Å². The van der Waals surface area contributed by atoms with Gasteiger partial charge in [-0.2, -0.15) is 0 Å². The van der Waals surface area contributed by atoms with Gasteiger partial charge in [0.15, 0.2) is 0 Å². The minimum absolute atomic E-state index is 0.622. The fourth-order valence-electron chi connectivity index (χ4n) is 1.30. The normalized spacial score (nSPS) is 9.93. The maximum atomic E-state index is 5.64. The van der Waals surface area contributed by atoms with E-state index in [1.54, 1.807) is 0 Å². The average Bonchev–Trinajstić information content (AvgIpc) is 2.30. The fraction of sp³-hybridized carbons (Fsp3) is 0.0769. The van der Waals surface area contributed by atoms with Crippen molar-refractivity contribution in [2.24, 2.45) is 0 Å². The van der Waals surface area contributed by atoms with Crippen molar-refractivity contribution in [2.45, 2.75) is 6.61 Å². The lowest BCUT2D eigenvalue weighted by molar-refractivity contribution is 0.306. The molecule has 0 aliphatic heterocycles. The second kappa shape index (κ2) is 4.95. The largest absolute Gasteiger partial charge is 0.489 e. The molecule has 2 aromatic carbocycles. The Morgan fingerprint density at radius 3 is 2.20 bits per heavy atom. The second-order valence-corrected chi connectivity index (χ2v) is 4.01. The van der Waals surface area contributed by atoms with E-state index in [-0.39, 0.29) is 0 Å². The molecular weight excluding hydrogens is 203 g/mol. The standard InChI is InChI=1S/C13H13OP/c15-13-8-6-12(7-9-13)14-10-11-4-2-1-3-5-11/h1-9H,10,15H2. The van der Waals surface area contributed by atoms with E-state index >= 15 is 0 Å². The monoisotopic (exact) mass is 216 g/mol. The zero-order chi connectivity index (χ0) is 10.5. The fourth-order valence-corrected chi connectivity index (χ4v) is 1.50. The third-order valence-electron chi connectivity index (χ3n) is 2.13. The van der Waals surface area contributed by atoms with Gasteiger partial charge in [-0.3, -0.25) is 0 Å². The Kier molecular flexibility index (Phi) is 3.37. The number of rotatable bonds is 3. The van der Waals surface area contributed by atoms with Gasteiger partial charge in [0, 0.05) is 0 Å². The minimum Gasteiger partial charge on any atom is -0.489 e. The van der Waals surface area contributed by atoms with Gasteiger partial charge < -0.3 is 4.74 Å². The molecule has 1 atom stereocenters. The van der Waals surface area contributed by atoms with Gasteiger partial charge in [0.2, 0.25) is 0 Å². The van der Waals surface area contributed by atoms with E-state index in [2.05, 4.69) is 21.4 Å². The summed E-state index contributed by atoms with van der Waals surface area (Å²) in [6.45, 7) is 0.622. The third-order valence-corrected chi connectivity index (χ3v) is 2.51. The summed E-state index contributed by atoms with van der Waals surface area (Å²) >= 11 is 0. The van der Waals surface area contributed by atoms with Gasteiger partial charge in [-0.25, -0.2) is 0 Å². The van der Waals surface area contributed by atoms with Gasteiger partial charge in [0.1, 0.15) is 12.4 Å². The first kappa shape index (κ1) is 10.2. The molecule has 0 radical (unpaired) electrons. The number of hydrogen-bond donors (Lipinski definition) is 0. The Labute approximate surface area is 92.3 Å². The van der Waals surface area contributed by atoms with Gasteiger partial charge in [0.05, 0.1) is 0 Å². The molecule has 0 aliphatic carbocycles. The van der Waals surface area contributed by atoms with Crippen LogP contribution in [0.4, 0.5) is 0 Å². The first-order valence-corrected chi connectivity index (χ1v) is 5.44. The predicted molar refractivity (Wildman–Crippen MR) is 66.6 cm³/mol. The molecule has 0 saturated heterocycles. The van der Waals surface area contributed by atoms with E-state index in [1.807, 2.05) is 42.5 Å². The Morgan fingerprint density at radius 1 is 0.867 bits per heavy atom. The van der Waals surface area contributed by atoms with E-state index in [0.717, 1.165) is 5.75 Å². The molecule has 0 aromatic heterocycles. The summed E-state index contributed by atoms with van der Waals surface area (Å²) in [5.41, 5.74) is 1.19. The van der Waals surface area contributed by atoms with Crippen LogP contribution < -0.4 is 10.0 Å². The first-order chi connectivity index (χ1) is 7.34. The Hall–Kier alpha value is -1.33. The molecule has 15 heavy (non-hydrogen) atoms. The number of benzene rings is 2. The molecule has 0 fully saturated rings. The second-order valence-electron chi connectivity index (χ2n) is 3.34. The van der Waals surface area contributed by atoms with E-state index in [0.29, 0.717) is 6.61 Å². The van der Waals surface area contributed by atoms with Crippen LogP contribution >= 0.6 is 9.24 Å². The molecule has 0 heterocycles. The van der Waals surface area contributed by atoms with Crippen LogP contribution in [0, 0.1) is 0 Å². The molecule has 1 unspecified atom stereocenters. The molecular formula is C13H13OP. The van der Waals surface area contributed by atoms with Crippen molar-refractivity contribution in [3.8, 4) is 5.75 Å². The van der Waals surface area contributed by atoms with Crippen LogP contribution in [0.2, 0.25) is 0 Å². The summed E-state index contributed by atoms with van der Waals surface area (Å²) in [6.07, 6.45) is 0. The van der Waals surface area contributed by atoms with Crippen LogP contribution in [0.1, 0.15) is 5.56 Å². The van der Waals surface area contributed by atoms with Crippen molar-refractivity contribution in [2.75, 3.05) is 0 Å². The highest BCUT2D eigenvalue weighted by Crippen LogP contribution is 2.11. The van der Waals surface area contributed by atoms with Gasteiger partial charge in [-0.1, -0.05) is 42.5 Å². The zero-order valence-electron chi connectivity index (χ0n) is 8.39. The van der Waals surface area contributed by atoms with E-state index in [4.69, 9.17) is 4.74 Å². The Balaban J connectivity index is 1.96. The highest BCUT2D eigenvalue weighted by atomic mass is 31.0. The summed E-state index contributed by atoms with van der Waals surface area (Å²) in [4.78, 5) is 0. The SMILES string of the molecule is Pc1ccc(OCc2ccccc2)cc1. The maximum Gasteiger partial charge on any atom is 0.119 e. The molecule has 0 amide bonds. The van der Waals surface area contributed by atoms with Crippen molar-refractivity contribution < 1.29 is 4.74 Å². The van der Waals surface area contributed by atoms with Gasteiger partial charge >= 0.3 is 0 Å². The third kappa shape index (κ3) is 3.07. The minimum atomic E-state index is 0.622. The van der Waals surface area contributed by atoms with Crippen molar-refractivity contribution in [1.29, 1.82) is 0 Å². The predicted octanol–water partition coefficient (Wildman–Crippen LogP) is 2.77. The lowest BCUT2D eigenvalue weighted by Gasteiger charge is -2.05. The molecule has 1 nitrogen and oxygen atoms in total. The Bertz CT molecular complexity index is 408. The average molecular weight is 216 g/mol. The van der Waals surface area contributed by atoms with E-state index < -0.39 is 0 Å². The first-order valence-electron chi connectivity index (χ1n) is 4.87. The van der Waals surface area contributed by atoms with Crippen molar-refractivity contribution >= 4 is 14.5 Å². The maximum absolute atomic E-state index is 5.64. The molecule has 0 saturated carbocycles. The van der Waals surface area contributed by atoms with Gasteiger partial charge in [0.25, 0.3) is 0 Å². The quantitative estimate of drug-likeness (QED) is 0.717. The lowest BCUT2D eigenvalue weighted by Crippen LogP contribution is -1.96. The van der Waals surface area contributed by atoms with Crippen LogP contribution in [0.15, 0.2) is 54.6 Å². The van der Waals surface area contributed by atoms with Crippen LogP contribution in [-0.2, 0) is 6.61 Å². The summed E-state index contributed by atoms with van der Waals surface area (Å²) in [5.74, 6) is 0.907. The number of hydrogen-bond acceptors (Lipinski definition) is 1. The zero-order valence-corrected chi connectivity index (χ0v) is 9.54. The summed E-state index contributed by atoms with van der Waals surface area (Å²) in [7, 11) is 2.66. The van der Waals surface area contributed by atoms with Crippen LogP contribution in [0.3, 0.4) is 0 Å². The van der Waals surface area contributed by atoms with Crippen molar-refractivity contribution in [3.05, 3.63) is 60.2 Å². The number of ether oxygens (including phenoxy) is 1. The molecule has 0 N–H and O–H groups in total.